The molecule has 1 nitrogen and oxygen atoms in total. The summed E-state index contributed by atoms with van der Waals surface area (Å²) in [6.45, 7) is 11.0. The minimum atomic E-state index is 0.610. The second-order valence-electron chi connectivity index (χ2n) is 6.94. The second kappa shape index (κ2) is 11.5. The van der Waals surface area contributed by atoms with Gasteiger partial charge in [-0.1, -0.05) is 68.0 Å². The summed E-state index contributed by atoms with van der Waals surface area (Å²) < 4.78 is 0. The summed E-state index contributed by atoms with van der Waals surface area (Å²) in [5.41, 5.74) is 5.38. The van der Waals surface area contributed by atoms with Crippen LogP contribution >= 0.6 is 0 Å². The normalized spacial score (nSPS) is 13.4. The zero-order valence-corrected chi connectivity index (χ0v) is 16.9. The van der Waals surface area contributed by atoms with Gasteiger partial charge >= 0.3 is 0 Å². The molecule has 0 saturated heterocycles. The highest BCUT2D eigenvalue weighted by Gasteiger charge is 2.08. The zero-order chi connectivity index (χ0) is 18.7. The first-order valence-electron chi connectivity index (χ1n) is 9.40. The smallest absolute Gasteiger partial charge is 0.0479 e. The van der Waals surface area contributed by atoms with E-state index in [1.807, 2.05) is 0 Å². The molecule has 0 spiro atoms. The van der Waals surface area contributed by atoms with Crippen molar-refractivity contribution in [3.8, 4) is 0 Å². The van der Waals surface area contributed by atoms with E-state index < -0.39 is 0 Å². The van der Waals surface area contributed by atoms with E-state index >= 15 is 0 Å². The molecular weight excluding hydrogens is 302 g/mol. The average Bonchev–Trinajstić information content (AvgIpc) is 2.60. The first-order chi connectivity index (χ1) is 12.0. The molecule has 0 bridgehead atoms. The van der Waals surface area contributed by atoms with E-state index in [-0.39, 0.29) is 0 Å². The van der Waals surface area contributed by atoms with Crippen molar-refractivity contribution in [2.45, 2.75) is 53.9 Å². The summed E-state index contributed by atoms with van der Waals surface area (Å²) in [7, 11) is 2.13. The fourth-order valence-corrected chi connectivity index (χ4v) is 2.67. The fraction of sp³-hybridized carbons (Fsp3) is 0.417. The van der Waals surface area contributed by atoms with Crippen LogP contribution < -0.4 is 4.90 Å². The van der Waals surface area contributed by atoms with Gasteiger partial charge < -0.3 is 4.90 Å². The molecule has 0 unspecified atom stereocenters. The van der Waals surface area contributed by atoms with Crippen molar-refractivity contribution >= 4 is 11.3 Å². The Kier molecular flexibility index (Phi) is 9.69. The molecule has 0 saturated carbocycles. The van der Waals surface area contributed by atoms with Crippen LogP contribution in [0.4, 0.5) is 5.69 Å². The Bertz CT molecular complexity index is 629. The predicted octanol–water partition coefficient (Wildman–Crippen LogP) is 7.39. The van der Waals surface area contributed by atoms with Gasteiger partial charge in [-0.2, -0.15) is 0 Å². The maximum absolute atomic E-state index is 2.29. The van der Waals surface area contributed by atoms with E-state index in [9.17, 15) is 0 Å². The highest BCUT2D eigenvalue weighted by atomic mass is 15.1. The zero-order valence-electron chi connectivity index (χ0n) is 16.9. The number of hydrogen-bond acceptors (Lipinski definition) is 1. The Balaban J connectivity index is 2.94. The molecule has 0 heterocycles. The van der Waals surface area contributed by atoms with Crippen LogP contribution in [0.2, 0.25) is 0 Å². The van der Waals surface area contributed by atoms with Gasteiger partial charge in [-0.15, -0.1) is 0 Å². The van der Waals surface area contributed by atoms with Crippen molar-refractivity contribution in [2.24, 2.45) is 5.92 Å². The van der Waals surface area contributed by atoms with Crippen molar-refractivity contribution in [3.63, 3.8) is 0 Å². The maximum Gasteiger partial charge on any atom is 0.0479 e. The van der Waals surface area contributed by atoms with Crippen molar-refractivity contribution < 1.29 is 0 Å². The van der Waals surface area contributed by atoms with Crippen LogP contribution in [0.3, 0.4) is 0 Å². The highest BCUT2D eigenvalue weighted by Crippen LogP contribution is 2.29. The number of benzene rings is 1. The lowest BCUT2D eigenvalue weighted by Gasteiger charge is -2.20. The van der Waals surface area contributed by atoms with E-state index in [0.29, 0.717) is 5.92 Å². The van der Waals surface area contributed by atoms with E-state index in [1.165, 1.54) is 22.4 Å². The summed E-state index contributed by atoms with van der Waals surface area (Å²) in [5.74, 6) is 0.610. The second-order valence-corrected chi connectivity index (χ2v) is 6.94. The van der Waals surface area contributed by atoms with Crippen molar-refractivity contribution in [2.75, 3.05) is 11.9 Å². The van der Waals surface area contributed by atoms with E-state index in [1.54, 1.807) is 0 Å². The topological polar surface area (TPSA) is 3.24 Å². The quantitative estimate of drug-likeness (QED) is 0.335. The van der Waals surface area contributed by atoms with Gasteiger partial charge in [0.1, 0.15) is 0 Å². The number of anilines is 1. The van der Waals surface area contributed by atoms with Gasteiger partial charge in [0.25, 0.3) is 0 Å². The van der Waals surface area contributed by atoms with Crippen LogP contribution in [-0.4, -0.2) is 7.05 Å². The third-order valence-electron chi connectivity index (χ3n) is 4.34. The predicted molar refractivity (Wildman–Crippen MR) is 115 cm³/mol. The molecule has 25 heavy (non-hydrogen) atoms. The van der Waals surface area contributed by atoms with Crippen molar-refractivity contribution in [1.82, 2.24) is 0 Å². The molecule has 1 heteroatoms. The molecule has 0 aliphatic rings. The minimum Gasteiger partial charge on any atom is -0.351 e. The number of unbranched alkanes of at least 4 members (excludes halogenated alkanes) is 1. The molecule has 1 aromatic rings. The number of rotatable bonds is 9. The van der Waals surface area contributed by atoms with Crippen LogP contribution in [-0.2, 0) is 0 Å². The van der Waals surface area contributed by atoms with Gasteiger partial charge in [0, 0.05) is 18.3 Å². The number of nitrogens with zero attached hydrogens (tertiary/aromatic N) is 1. The first kappa shape index (κ1) is 21.0. The molecule has 1 aromatic carbocycles. The summed E-state index contributed by atoms with van der Waals surface area (Å²) >= 11 is 0. The van der Waals surface area contributed by atoms with Crippen LogP contribution in [0.5, 0.6) is 0 Å². The Morgan fingerprint density at radius 1 is 1.04 bits per heavy atom. The first-order valence-corrected chi connectivity index (χ1v) is 9.40. The van der Waals surface area contributed by atoms with Gasteiger partial charge in [-0.05, 0) is 63.8 Å². The van der Waals surface area contributed by atoms with Gasteiger partial charge in [0.2, 0.25) is 0 Å². The maximum atomic E-state index is 2.29. The monoisotopic (exact) mass is 337 g/mol. The van der Waals surface area contributed by atoms with Gasteiger partial charge in [0.15, 0.2) is 0 Å². The Hall–Kier alpha value is -2.02. The van der Waals surface area contributed by atoms with Crippen molar-refractivity contribution in [1.29, 1.82) is 0 Å². The van der Waals surface area contributed by atoms with Gasteiger partial charge in [0.05, 0.1) is 0 Å². The van der Waals surface area contributed by atoms with E-state index in [2.05, 4.69) is 107 Å². The van der Waals surface area contributed by atoms with Crippen LogP contribution in [0.15, 0.2) is 66.4 Å². The number of hydrogen-bond donors (Lipinski definition) is 0. The summed E-state index contributed by atoms with van der Waals surface area (Å²) in [6.07, 6.45) is 16.5. The lowest BCUT2D eigenvalue weighted by Crippen LogP contribution is -2.10. The average molecular weight is 338 g/mol. The van der Waals surface area contributed by atoms with Gasteiger partial charge in [-0.3, -0.25) is 0 Å². The molecular formula is C24H35N. The minimum absolute atomic E-state index is 0.610. The molecule has 136 valence electrons. The summed E-state index contributed by atoms with van der Waals surface area (Å²) in [6, 6.07) is 8.67. The number of allylic oxidation sites excluding steroid dienone is 7. The summed E-state index contributed by atoms with van der Waals surface area (Å²) in [4.78, 5) is 2.23. The lowest BCUT2D eigenvalue weighted by atomic mass is 9.98. The number of para-hydroxylation sites is 1. The van der Waals surface area contributed by atoms with Crippen molar-refractivity contribution in [3.05, 3.63) is 72.0 Å². The van der Waals surface area contributed by atoms with E-state index in [4.69, 9.17) is 0 Å². The van der Waals surface area contributed by atoms with Crippen LogP contribution in [0.25, 0.3) is 5.57 Å². The Morgan fingerprint density at radius 3 is 2.40 bits per heavy atom. The van der Waals surface area contributed by atoms with E-state index in [0.717, 1.165) is 19.3 Å². The van der Waals surface area contributed by atoms with Gasteiger partial charge in [-0.25, -0.2) is 0 Å². The lowest BCUT2D eigenvalue weighted by molar-refractivity contribution is 0.827. The fourth-order valence-electron chi connectivity index (χ4n) is 2.67. The molecule has 0 amide bonds. The molecule has 0 aromatic heterocycles. The van der Waals surface area contributed by atoms with Crippen LogP contribution in [0.1, 0.15) is 59.4 Å². The third-order valence-corrected chi connectivity index (χ3v) is 4.34. The molecule has 1 rings (SSSR count). The molecule has 0 N–H and O–H groups in total. The SMILES string of the molecule is C/C=C\CC/C=C/N(C)c1ccccc1/C(C)=C(\C)CC=CC(C)C. The summed E-state index contributed by atoms with van der Waals surface area (Å²) in [5, 5.41) is 0. The van der Waals surface area contributed by atoms with Crippen LogP contribution in [0, 0.1) is 5.92 Å². The Morgan fingerprint density at radius 2 is 1.72 bits per heavy atom. The highest BCUT2D eigenvalue weighted by molar-refractivity contribution is 5.78. The third kappa shape index (κ3) is 7.60. The molecule has 0 radical (unpaired) electrons. The molecule has 0 atom stereocenters. The molecule has 0 aliphatic heterocycles. The molecule has 0 fully saturated rings. The standard InChI is InChI=1S/C24H35N/c1-7-8-9-10-13-19-25(6)24-18-12-11-17-23(24)22(5)21(4)16-14-15-20(2)3/h7-8,11-15,17-20H,9-10,16H2,1-6H3/b8-7-,15-14?,19-13+,22-21+. The largest absolute Gasteiger partial charge is 0.351 e. The Labute approximate surface area is 155 Å². The molecule has 0 aliphatic carbocycles.